The van der Waals surface area contributed by atoms with Crippen molar-refractivity contribution < 1.29 is 4.79 Å². The molecule has 0 aliphatic carbocycles. The largest absolute Gasteiger partial charge is 0.299 e. The fraction of sp³-hybridized carbons (Fsp3) is 0.160. The van der Waals surface area contributed by atoms with Crippen LogP contribution in [0.5, 0.6) is 0 Å². The molecule has 5 heteroatoms. The zero-order valence-corrected chi connectivity index (χ0v) is 17.8. The molecule has 0 fully saturated rings. The van der Waals surface area contributed by atoms with Gasteiger partial charge in [-0.2, -0.15) is 0 Å². The lowest BCUT2D eigenvalue weighted by atomic mass is 9.95. The van der Waals surface area contributed by atoms with Crippen molar-refractivity contribution in [3.05, 3.63) is 98.6 Å². The first kappa shape index (κ1) is 20.0. The number of benzene rings is 3. The van der Waals surface area contributed by atoms with Gasteiger partial charge in [-0.1, -0.05) is 48.9 Å². The Morgan fingerprint density at radius 3 is 2.17 bits per heavy atom. The van der Waals surface area contributed by atoms with Crippen LogP contribution in [0.25, 0.3) is 22.0 Å². The summed E-state index contributed by atoms with van der Waals surface area (Å²) in [6, 6.07) is 18.2. The predicted octanol–water partition coefficient (Wildman–Crippen LogP) is 5.36. The number of aromatic nitrogens is 2. The normalized spacial score (nSPS) is 11.1. The van der Waals surface area contributed by atoms with E-state index in [0.29, 0.717) is 33.5 Å². The fourth-order valence-corrected chi connectivity index (χ4v) is 3.88. The Morgan fingerprint density at radius 2 is 1.57 bits per heavy atom. The van der Waals surface area contributed by atoms with E-state index in [0.717, 1.165) is 22.5 Å². The average Bonchev–Trinajstić information content (AvgIpc) is 2.76. The van der Waals surface area contributed by atoms with Crippen molar-refractivity contribution in [2.75, 3.05) is 0 Å². The third-order valence-corrected chi connectivity index (χ3v) is 5.73. The standard InChI is InChI=1S/C25H21ClN2O2/c1-4-22-27-21-14-13-20(15(2)23(21)25(30)28(22)3)16-5-7-17(8-6-16)24(29)18-9-11-19(26)12-10-18/h5-14H,4H2,1-3H3. The maximum absolute atomic E-state index is 12.9. The number of nitrogens with zero attached hydrogens (tertiary/aromatic N) is 2. The Hall–Kier alpha value is -3.24. The summed E-state index contributed by atoms with van der Waals surface area (Å²) in [4.78, 5) is 30.2. The third kappa shape index (κ3) is 3.44. The molecular formula is C25H21ClN2O2. The third-order valence-electron chi connectivity index (χ3n) is 5.48. The molecule has 0 bridgehead atoms. The molecule has 4 nitrogen and oxygen atoms in total. The molecule has 0 N–H and O–H groups in total. The number of ketones is 1. The molecule has 0 aliphatic rings. The molecule has 0 spiro atoms. The van der Waals surface area contributed by atoms with Crippen LogP contribution in [-0.4, -0.2) is 15.3 Å². The van der Waals surface area contributed by atoms with E-state index in [1.165, 1.54) is 0 Å². The summed E-state index contributed by atoms with van der Waals surface area (Å²) < 4.78 is 1.62. The number of carbonyl (C=O) groups excluding carboxylic acids is 1. The highest BCUT2D eigenvalue weighted by Gasteiger charge is 2.14. The second-order valence-electron chi connectivity index (χ2n) is 7.29. The van der Waals surface area contributed by atoms with Gasteiger partial charge >= 0.3 is 0 Å². The Kier molecular flexibility index (Phi) is 5.27. The Morgan fingerprint density at radius 1 is 0.967 bits per heavy atom. The second kappa shape index (κ2) is 7.88. The number of carbonyl (C=O) groups is 1. The van der Waals surface area contributed by atoms with E-state index in [4.69, 9.17) is 11.6 Å². The van der Waals surface area contributed by atoms with Gasteiger partial charge in [-0.15, -0.1) is 0 Å². The monoisotopic (exact) mass is 416 g/mol. The quantitative estimate of drug-likeness (QED) is 0.421. The molecule has 1 heterocycles. The minimum Gasteiger partial charge on any atom is -0.299 e. The second-order valence-corrected chi connectivity index (χ2v) is 7.73. The molecule has 0 saturated carbocycles. The summed E-state index contributed by atoms with van der Waals surface area (Å²) in [6.07, 6.45) is 0.700. The maximum Gasteiger partial charge on any atom is 0.261 e. The predicted molar refractivity (Wildman–Crippen MR) is 121 cm³/mol. The van der Waals surface area contributed by atoms with E-state index in [2.05, 4.69) is 4.98 Å². The lowest BCUT2D eigenvalue weighted by Crippen LogP contribution is -2.22. The topological polar surface area (TPSA) is 52.0 Å². The van der Waals surface area contributed by atoms with Crippen molar-refractivity contribution >= 4 is 28.3 Å². The molecule has 0 radical (unpaired) electrons. The number of hydrogen-bond donors (Lipinski definition) is 0. The van der Waals surface area contributed by atoms with Gasteiger partial charge < -0.3 is 0 Å². The van der Waals surface area contributed by atoms with E-state index in [-0.39, 0.29) is 11.3 Å². The molecule has 0 atom stereocenters. The lowest BCUT2D eigenvalue weighted by molar-refractivity contribution is 0.103. The van der Waals surface area contributed by atoms with Crippen LogP contribution in [0, 0.1) is 6.92 Å². The van der Waals surface area contributed by atoms with E-state index in [1.807, 2.05) is 50.2 Å². The highest BCUT2D eigenvalue weighted by atomic mass is 35.5. The van der Waals surface area contributed by atoms with Crippen molar-refractivity contribution in [2.45, 2.75) is 20.3 Å². The van der Waals surface area contributed by atoms with E-state index in [9.17, 15) is 9.59 Å². The number of hydrogen-bond acceptors (Lipinski definition) is 3. The summed E-state index contributed by atoms with van der Waals surface area (Å²) in [6.45, 7) is 3.93. The summed E-state index contributed by atoms with van der Waals surface area (Å²) in [7, 11) is 1.76. The van der Waals surface area contributed by atoms with Gasteiger partial charge in [-0.05, 0) is 53.9 Å². The lowest BCUT2D eigenvalue weighted by Gasteiger charge is -2.13. The zero-order valence-electron chi connectivity index (χ0n) is 17.1. The number of fused-ring (bicyclic) bond motifs is 1. The first-order chi connectivity index (χ1) is 14.4. The van der Waals surface area contributed by atoms with Gasteiger partial charge in [-0.3, -0.25) is 14.2 Å². The van der Waals surface area contributed by atoms with Crippen molar-refractivity contribution in [1.29, 1.82) is 0 Å². The summed E-state index contributed by atoms with van der Waals surface area (Å²) in [5, 5.41) is 1.23. The van der Waals surface area contributed by atoms with E-state index in [1.54, 1.807) is 35.9 Å². The summed E-state index contributed by atoms with van der Waals surface area (Å²) in [5.41, 5.74) is 4.66. The number of aryl methyl sites for hydroxylation is 2. The van der Waals surface area contributed by atoms with Crippen LogP contribution >= 0.6 is 11.6 Å². The zero-order chi connectivity index (χ0) is 21.4. The molecule has 3 aromatic carbocycles. The maximum atomic E-state index is 12.9. The Labute approximate surface area is 179 Å². The highest BCUT2D eigenvalue weighted by Crippen LogP contribution is 2.28. The summed E-state index contributed by atoms with van der Waals surface area (Å²) >= 11 is 5.91. The smallest absolute Gasteiger partial charge is 0.261 e. The van der Waals surface area contributed by atoms with Crippen LogP contribution in [-0.2, 0) is 13.5 Å². The first-order valence-corrected chi connectivity index (χ1v) is 10.2. The van der Waals surface area contributed by atoms with Gasteiger partial charge in [0, 0.05) is 29.6 Å². The van der Waals surface area contributed by atoms with Crippen molar-refractivity contribution in [2.24, 2.45) is 7.05 Å². The minimum absolute atomic E-state index is 0.0364. The Bertz CT molecular complexity index is 1320. The molecular weight excluding hydrogens is 396 g/mol. The molecule has 4 rings (SSSR count). The molecule has 0 unspecified atom stereocenters. The first-order valence-electron chi connectivity index (χ1n) is 9.80. The summed E-state index contributed by atoms with van der Waals surface area (Å²) in [5.74, 6) is 0.711. The molecule has 30 heavy (non-hydrogen) atoms. The molecule has 0 saturated heterocycles. The van der Waals surface area contributed by atoms with Crippen molar-refractivity contribution in [3.8, 4) is 11.1 Å². The molecule has 1 aromatic heterocycles. The van der Waals surface area contributed by atoms with Gasteiger partial charge in [0.1, 0.15) is 5.82 Å². The van der Waals surface area contributed by atoms with Gasteiger partial charge in [0.25, 0.3) is 5.56 Å². The Balaban J connectivity index is 1.75. The van der Waals surface area contributed by atoms with Gasteiger partial charge in [-0.25, -0.2) is 4.98 Å². The van der Waals surface area contributed by atoms with Gasteiger partial charge in [0.2, 0.25) is 0 Å². The molecule has 150 valence electrons. The SMILES string of the molecule is CCc1nc2ccc(-c3ccc(C(=O)c4ccc(Cl)cc4)cc3)c(C)c2c(=O)n1C. The van der Waals surface area contributed by atoms with Crippen LogP contribution in [0.1, 0.15) is 34.2 Å². The molecule has 0 aliphatic heterocycles. The fourth-order valence-electron chi connectivity index (χ4n) is 3.76. The van der Waals surface area contributed by atoms with Crippen LogP contribution < -0.4 is 5.56 Å². The van der Waals surface area contributed by atoms with Crippen LogP contribution in [0.2, 0.25) is 5.02 Å². The molecule has 0 amide bonds. The minimum atomic E-state index is -0.0568. The number of rotatable bonds is 4. The molecule has 4 aromatic rings. The number of halogens is 1. The van der Waals surface area contributed by atoms with Crippen molar-refractivity contribution in [1.82, 2.24) is 9.55 Å². The van der Waals surface area contributed by atoms with Gasteiger partial charge in [0.15, 0.2) is 5.78 Å². The van der Waals surface area contributed by atoms with Crippen LogP contribution in [0.3, 0.4) is 0 Å². The van der Waals surface area contributed by atoms with Crippen LogP contribution in [0.15, 0.2) is 65.5 Å². The average molecular weight is 417 g/mol. The van der Waals surface area contributed by atoms with E-state index < -0.39 is 0 Å². The van der Waals surface area contributed by atoms with E-state index >= 15 is 0 Å². The highest BCUT2D eigenvalue weighted by molar-refractivity contribution is 6.30. The van der Waals surface area contributed by atoms with Gasteiger partial charge in [0.05, 0.1) is 10.9 Å². The van der Waals surface area contributed by atoms with Crippen molar-refractivity contribution in [3.63, 3.8) is 0 Å². The van der Waals surface area contributed by atoms with Crippen LogP contribution in [0.4, 0.5) is 0 Å².